The molecule has 1 aromatic carbocycles. The van der Waals surface area contributed by atoms with E-state index in [9.17, 15) is 14.0 Å². The van der Waals surface area contributed by atoms with E-state index >= 15 is 0 Å². The molecule has 1 amide bonds. The number of fused-ring (bicyclic) bond motifs is 1. The zero-order valence-corrected chi connectivity index (χ0v) is 19.3. The Balaban J connectivity index is 1.59. The van der Waals surface area contributed by atoms with E-state index in [1.807, 2.05) is 0 Å². The van der Waals surface area contributed by atoms with Crippen LogP contribution in [0.15, 0.2) is 35.6 Å². The number of Topliss-reactive ketones (excluding diaryl/α,β-unsaturated/α-hetero) is 1. The van der Waals surface area contributed by atoms with Gasteiger partial charge in [-0.05, 0) is 42.9 Å². The Morgan fingerprint density at radius 2 is 1.97 bits per heavy atom. The third-order valence-corrected chi connectivity index (χ3v) is 7.41. The summed E-state index contributed by atoms with van der Waals surface area (Å²) in [7, 11) is 0. The van der Waals surface area contributed by atoms with Gasteiger partial charge in [-0.1, -0.05) is 48.9 Å². The first-order valence-corrected chi connectivity index (χ1v) is 12.0. The summed E-state index contributed by atoms with van der Waals surface area (Å²) in [6.07, 6.45) is 0.133. The Hall–Kier alpha value is -2.32. The van der Waals surface area contributed by atoms with Crippen molar-refractivity contribution < 1.29 is 18.7 Å². The fraction of sp³-hybridized carbons (Fsp3) is 0.478. The number of rotatable bonds is 4. The Kier molecular flexibility index (Phi) is 5.53. The largest absolute Gasteiger partial charge is 0.483 e. The molecule has 5 rings (SSSR count). The molecule has 0 bridgehead atoms. The van der Waals surface area contributed by atoms with Gasteiger partial charge in [0, 0.05) is 11.4 Å². The van der Waals surface area contributed by atoms with Gasteiger partial charge in [0.15, 0.2) is 11.5 Å². The van der Waals surface area contributed by atoms with E-state index in [4.69, 9.17) is 16.3 Å². The van der Waals surface area contributed by atoms with E-state index in [0.717, 1.165) is 17.0 Å². The highest BCUT2D eigenvalue weighted by Crippen LogP contribution is 2.49. The monoisotopic (exact) mass is 475 g/mol. The maximum Gasteiger partial charge on any atom is 0.296 e. The third-order valence-electron chi connectivity index (χ3n) is 6.21. The van der Waals surface area contributed by atoms with Gasteiger partial charge >= 0.3 is 0 Å². The number of hydrogen-bond donors (Lipinski definition) is 0. The predicted octanol–water partition coefficient (Wildman–Crippen LogP) is 4.84. The minimum Gasteiger partial charge on any atom is -0.483 e. The molecule has 0 saturated heterocycles. The summed E-state index contributed by atoms with van der Waals surface area (Å²) in [5.41, 5.74) is 1.00. The number of anilines is 1. The number of nitrogens with zero attached hydrogens (tertiary/aromatic N) is 3. The van der Waals surface area contributed by atoms with E-state index in [-0.39, 0.29) is 23.5 Å². The van der Waals surface area contributed by atoms with E-state index in [2.05, 4.69) is 24.0 Å². The second-order valence-electron chi connectivity index (χ2n) is 8.99. The smallest absolute Gasteiger partial charge is 0.296 e. The quantitative estimate of drug-likeness (QED) is 0.632. The number of alkyl halides is 1. The molecule has 2 aliphatic heterocycles. The van der Waals surface area contributed by atoms with Crippen LogP contribution < -0.4 is 4.90 Å². The van der Waals surface area contributed by atoms with Crippen LogP contribution in [0.5, 0.6) is 0 Å². The number of carbonyl (C=O) groups excluding carboxylic acids is 2. The lowest BCUT2D eigenvalue weighted by Gasteiger charge is -2.36. The number of carbonyl (C=O) groups is 2. The second kappa shape index (κ2) is 8.23. The zero-order chi connectivity index (χ0) is 22.6. The van der Waals surface area contributed by atoms with Crippen molar-refractivity contribution in [3.63, 3.8) is 0 Å². The van der Waals surface area contributed by atoms with Gasteiger partial charge in [-0.25, -0.2) is 4.39 Å². The molecule has 4 unspecified atom stereocenters. The minimum absolute atomic E-state index is 0.0640. The molecule has 0 spiro atoms. The molecule has 6 nitrogen and oxygen atoms in total. The molecule has 0 N–H and O–H groups in total. The van der Waals surface area contributed by atoms with Crippen molar-refractivity contribution in [3.8, 4) is 0 Å². The summed E-state index contributed by atoms with van der Waals surface area (Å²) in [6, 6.07) is 6.31. The number of aromatic nitrogens is 2. The molecule has 3 heterocycles. The van der Waals surface area contributed by atoms with Crippen molar-refractivity contribution in [2.24, 2.45) is 11.8 Å². The molecule has 1 aliphatic carbocycles. The van der Waals surface area contributed by atoms with Gasteiger partial charge in [-0.2, -0.15) is 0 Å². The van der Waals surface area contributed by atoms with Crippen LogP contribution in [-0.4, -0.2) is 34.2 Å². The normalized spacial score (nSPS) is 27.6. The summed E-state index contributed by atoms with van der Waals surface area (Å²) in [5.74, 6) is -0.729. The van der Waals surface area contributed by atoms with Crippen LogP contribution >= 0.6 is 22.9 Å². The first kappa shape index (κ1) is 21.5. The van der Waals surface area contributed by atoms with Crippen LogP contribution in [0.4, 0.5) is 9.52 Å². The first-order valence-electron chi connectivity index (χ1n) is 10.8. The Morgan fingerprint density at radius 3 is 2.69 bits per heavy atom. The topological polar surface area (TPSA) is 72.4 Å². The van der Waals surface area contributed by atoms with Crippen LogP contribution in [0.3, 0.4) is 0 Å². The summed E-state index contributed by atoms with van der Waals surface area (Å²) in [4.78, 5) is 28.6. The fourth-order valence-corrected chi connectivity index (χ4v) is 5.95. The van der Waals surface area contributed by atoms with Crippen LogP contribution in [0, 0.1) is 11.8 Å². The molecule has 0 radical (unpaired) electrons. The Bertz CT molecular complexity index is 1100. The molecule has 4 atom stereocenters. The third kappa shape index (κ3) is 3.63. The summed E-state index contributed by atoms with van der Waals surface area (Å²) >= 11 is 7.42. The number of hydrogen-bond acceptors (Lipinski definition) is 6. The van der Waals surface area contributed by atoms with Gasteiger partial charge < -0.3 is 4.74 Å². The number of ketones is 1. The number of halogens is 2. The average Bonchev–Trinajstić information content (AvgIpc) is 3.31. The summed E-state index contributed by atoms with van der Waals surface area (Å²) in [5, 5.41) is 10.3. The minimum atomic E-state index is -1.03. The van der Waals surface area contributed by atoms with Crippen molar-refractivity contribution in [1.82, 2.24) is 10.2 Å². The lowest BCUT2D eigenvalue weighted by molar-refractivity contribution is -0.133. The molecule has 168 valence electrons. The molecular weight excluding hydrogens is 453 g/mol. The highest BCUT2D eigenvalue weighted by molar-refractivity contribution is 7.15. The molecule has 1 aromatic heterocycles. The number of ether oxygens (including phenoxy) is 1. The molecule has 2 aromatic rings. The van der Waals surface area contributed by atoms with Gasteiger partial charge in [-0.3, -0.25) is 14.5 Å². The van der Waals surface area contributed by atoms with E-state index in [0.29, 0.717) is 28.9 Å². The van der Waals surface area contributed by atoms with Crippen LogP contribution in [0.1, 0.15) is 49.7 Å². The number of benzene rings is 1. The maximum absolute atomic E-state index is 14.1. The SMILES string of the molecule is CC(C)Cc1nnc(N2C(=O)C3=C(C(=O)C4CC(F)CCC4O3)C2c2ccc(Cl)cc2)s1. The van der Waals surface area contributed by atoms with Crippen LogP contribution in [-0.2, 0) is 20.7 Å². The van der Waals surface area contributed by atoms with Crippen LogP contribution in [0.25, 0.3) is 0 Å². The average molecular weight is 476 g/mol. The van der Waals surface area contributed by atoms with Crippen molar-refractivity contribution in [1.29, 1.82) is 0 Å². The van der Waals surface area contributed by atoms with Gasteiger partial charge in [0.1, 0.15) is 17.3 Å². The molecular formula is C23H23ClFN3O3S. The van der Waals surface area contributed by atoms with Crippen molar-refractivity contribution in [3.05, 3.63) is 51.2 Å². The molecule has 32 heavy (non-hydrogen) atoms. The molecule has 1 saturated carbocycles. The van der Waals surface area contributed by atoms with Gasteiger partial charge in [0.05, 0.1) is 17.5 Å². The lowest BCUT2D eigenvalue weighted by Crippen LogP contribution is -2.42. The lowest BCUT2D eigenvalue weighted by atomic mass is 9.77. The van der Waals surface area contributed by atoms with Crippen LogP contribution in [0.2, 0.25) is 5.02 Å². The standard InChI is InChI=1S/C23H23ClFN3O3S/c1-11(2)9-17-26-27-23(32-17)28-19(12-3-5-13(24)6-4-12)18-20(29)15-10-14(25)7-8-16(15)31-21(18)22(28)30/h3-6,11,14-16,19H,7-10H2,1-2H3. The number of amides is 1. The highest BCUT2D eigenvalue weighted by atomic mass is 35.5. The Morgan fingerprint density at radius 1 is 1.22 bits per heavy atom. The second-order valence-corrected chi connectivity index (χ2v) is 10.5. The zero-order valence-electron chi connectivity index (χ0n) is 17.8. The highest BCUT2D eigenvalue weighted by Gasteiger charge is 2.54. The van der Waals surface area contributed by atoms with Gasteiger partial charge in [0.25, 0.3) is 5.91 Å². The summed E-state index contributed by atoms with van der Waals surface area (Å²) < 4.78 is 20.2. The van der Waals surface area contributed by atoms with Crippen molar-refractivity contribution in [2.45, 2.75) is 57.8 Å². The van der Waals surface area contributed by atoms with Crippen molar-refractivity contribution >= 4 is 39.8 Å². The first-order chi connectivity index (χ1) is 15.3. The van der Waals surface area contributed by atoms with E-state index in [1.165, 1.54) is 16.2 Å². The maximum atomic E-state index is 14.1. The molecule has 3 aliphatic rings. The predicted molar refractivity (Wildman–Crippen MR) is 119 cm³/mol. The Labute approximate surface area is 194 Å². The van der Waals surface area contributed by atoms with Gasteiger partial charge in [-0.15, -0.1) is 10.2 Å². The molecule has 9 heteroatoms. The summed E-state index contributed by atoms with van der Waals surface area (Å²) in [6.45, 7) is 4.18. The molecule has 1 fully saturated rings. The van der Waals surface area contributed by atoms with E-state index in [1.54, 1.807) is 24.3 Å². The fourth-order valence-electron chi connectivity index (χ4n) is 4.75. The van der Waals surface area contributed by atoms with Crippen molar-refractivity contribution in [2.75, 3.05) is 4.90 Å². The van der Waals surface area contributed by atoms with E-state index < -0.39 is 30.1 Å². The van der Waals surface area contributed by atoms with Gasteiger partial charge in [0.2, 0.25) is 5.13 Å².